The van der Waals surface area contributed by atoms with Gasteiger partial charge in [0.2, 0.25) is 5.75 Å². The van der Waals surface area contributed by atoms with E-state index in [1.807, 2.05) is 12.1 Å². The molecule has 0 amide bonds. The number of hydrogen-bond acceptors (Lipinski definition) is 9. The molecule has 2 fully saturated rings. The number of phenols is 2. The van der Waals surface area contributed by atoms with Crippen LogP contribution in [0, 0.1) is 11.8 Å². The number of rotatable bonds is 12. The van der Waals surface area contributed by atoms with E-state index in [1.165, 1.54) is 14.2 Å². The van der Waals surface area contributed by atoms with Crippen molar-refractivity contribution >= 4 is 0 Å². The molecular formula is C30H42O9. The summed E-state index contributed by atoms with van der Waals surface area (Å²) in [5, 5.41) is 52.4. The molecule has 9 heteroatoms. The molecule has 0 bridgehead atoms. The van der Waals surface area contributed by atoms with Crippen molar-refractivity contribution in [2.75, 3.05) is 21.0 Å². The van der Waals surface area contributed by atoms with Gasteiger partial charge in [0.25, 0.3) is 0 Å². The van der Waals surface area contributed by atoms with Crippen molar-refractivity contribution in [2.24, 2.45) is 11.8 Å². The Bertz CT molecular complexity index is 1040. The van der Waals surface area contributed by atoms with Crippen LogP contribution in [-0.2, 0) is 17.6 Å². The Morgan fingerprint density at radius 3 is 2.18 bits per heavy atom. The minimum Gasteiger partial charge on any atom is -0.504 e. The lowest BCUT2D eigenvalue weighted by Gasteiger charge is -2.41. The predicted molar refractivity (Wildman–Crippen MR) is 144 cm³/mol. The van der Waals surface area contributed by atoms with Crippen molar-refractivity contribution in [2.45, 2.75) is 82.2 Å². The average Bonchev–Trinajstić information content (AvgIpc) is 3.44. The van der Waals surface area contributed by atoms with Gasteiger partial charge < -0.3 is 44.5 Å². The highest BCUT2D eigenvalue weighted by atomic mass is 16.6. The van der Waals surface area contributed by atoms with Crippen molar-refractivity contribution in [1.82, 2.24) is 0 Å². The van der Waals surface area contributed by atoms with Crippen molar-refractivity contribution in [1.29, 1.82) is 0 Å². The second kappa shape index (κ2) is 13.6. The van der Waals surface area contributed by atoms with Gasteiger partial charge in [-0.2, -0.15) is 0 Å². The summed E-state index contributed by atoms with van der Waals surface area (Å²) >= 11 is 0. The molecule has 2 aromatic carbocycles. The molecule has 39 heavy (non-hydrogen) atoms. The van der Waals surface area contributed by atoms with Gasteiger partial charge in [0, 0.05) is 11.8 Å². The van der Waals surface area contributed by atoms with Crippen molar-refractivity contribution in [3.63, 3.8) is 0 Å². The largest absolute Gasteiger partial charge is 0.504 e. The van der Waals surface area contributed by atoms with Gasteiger partial charge in [-0.15, -0.1) is 0 Å². The number of aromatic hydroxyl groups is 2. The van der Waals surface area contributed by atoms with E-state index in [0.717, 1.165) is 36.8 Å². The number of aliphatic hydroxyl groups is 3. The zero-order valence-corrected chi connectivity index (χ0v) is 22.8. The monoisotopic (exact) mass is 546 g/mol. The SMILES string of the molecule is COc1cc(C[C@H]2[C@H](O)[C@@H]([C@H](CCc3ccc(O)c(OC4CCCC4)c3)OCO)CC[C@@H]2O)cc(OC)c1O. The summed E-state index contributed by atoms with van der Waals surface area (Å²) in [5.74, 6) is 0.245. The molecule has 0 saturated heterocycles. The Hall–Kier alpha value is -2.72. The molecule has 2 aromatic rings. The summed E-state index contributed by atoms with van der Waals surface area (Å²) in [7, 11) is 2.90. The van der Waals surface area contributed by atoms with Gasteiger partial charge in [-0.05, 0) is 93.2 Å². The lowest BCUT2D eigenvalue weighted by atomic mass is 9.71. The molecule has 216 valence electrons. The predicted octanol–water partition coefficient (Wildman–Crippen LogP) is 3.69. The first-order chi connectivity index (χ1) is 18.8. The van der Waals surface area contributed by atoms with Gasteiger partial charge >= 0.3 is 0 Å². The summed E-state index contributed by atoms with van der Waals surface area (Å²) in [4.78, 5) is 0. The molecule has 5 N–H and O–H groups in total. The van der Waals surface area contributed by atoms with Crippen LogP contribution in [-0.4, -0.2) is 71.0 Å². The molecule has 0 radical (unpaired) electrons. The van der Waals surface area contributed by atoms with Crippen LogP contribution in [0.25, 0.3) is 0 Å². The normalized spacial score (nSPS) is 24.4. The van der Waals surface area contributed by atoms with Crippen LogP contribution in [0.4, 0.5) is 0 Å². The number of benzene rings is 2. The fourth-order valence-corrected chi connectivity index (χ4v) is 6.11. The van der Waals surface area contributed by atoms with E-state index < -0.39 is 31.0 Å². The highest BCUT2D eigenvalue weighted by molar-refractivity contribution is 5.53. The number of hydrogen-bond donors (Lipinski definition) is 5. The van der Waals surface area contributed by atoms with Gasteiger partial charge in [0.05, 0.1) is 38.6 Å². The number of ether oxygens (including phenoxy) is 4. The smallest absolute Gasteiger partial charge is 0.200 e. The summed E-state index contributed by atoms with van der Waals surface area (Å²) < 4.78 is 22.3. The Balaban J connectivity index is 1.45. The van der Waals surface area contributed by atoms with E-state index in [1.54, 1.807) is 18.2 Å². The van der Waals surface area contributed by atoms with Gasteiger partial charge in [-0.3, -0.25) is 0 Å². The molecule has 9 nitrogen and oxygen atoms in total. The third-order valence-electron chi connectivity index (χ3n) is 8.28. The molecular weight excluding hydrogens is 504 g/mol. The first-order valence-corrected chi connectivity index (χ1v) is 13.9. The second-order valence-corrected chi connectivity index (χ2v) is 10.7. The highest BCUT2D eigenvalue weighted by Gasteiger charge is 2.41. The molecule has 2 aliphatic carbocycles. The molecule has 0 heterocycles. The Labute approximate surface area is 229 Å². The molecule has 0 aromatic heterocycles. The van der Waals surface area contributed by atoms with Crippen LogP contribution in [0.2, 0.25) is 0 Å². The summed E-state index contributed by atoms with van der Waals surface area (Å²) in [6, 6.07) is 8.71. The average molecular weight is 547 g/mol. The zero-order chi connectivity index (χ0) is 27.9. The van der Waals surface area contributed by atoms with E-state index in [2.05, 4.69) is 0 Å². The maximum absolute atomic E-state index is 11.4. The van der Waals surface area contributed by atoms with E-state index in [4.69, 9.17) is 18.9 Å². The number of aliphatic hydroxyl groups excluding tert-OH is 3. The fraction of sp³-hybridized carbons (Fsp3) is 0.600. The topological polar surface area (TPSA) is 138 Å². The summed E-state index contributed by atoms with van der Waals surface area (Å²) in [6.07, 6.45) is 4.89. The van der Waals surface area contributed by atoms with Crippen molar-refractivity contribution in [3.8, 4) is 28.7 Å². The van der Waals surface area contributed by atoms with Crippen LogP contribution < -0.4 is 14.2 Å². The molecule has 0 spiro atoms. The first-order valence-electron chi connectivity index (χ1n) is 13.9. The van der Waals surface area contributed by atoms with E-state index in [-0.39, 0.29) is 35.0 Å². The number of aryl methyl sites for hydroxylation is 1. The lowest BCUT2D eigenvalue weighted by Crippen LogP contribution is -2.48. The number of phenolic OH excluding ortho intramolecular Hbond substituents is 2. The number of methoxy groups -OCH3 is 2. The molecule has 5 atom stereocenters. The quantitative estimate of drug-likeness (QED) is 0.252. The molecule has 0 aliphatic heterocycles. The fourth-order valence-electron chi connectivity index (χ4n) is 6.11. The first kappa shape index (κ1) is 29.3. The van der Waals surface area contributed by atoms with Gasteiger partial charge in [-0.25, -0.2) is 0 Å². The highest BCUT2D eigenvalue weighted by Crippen LogP contribution is 2.41. The van der Waals surface area contributed by atoms with Crippen LogP contribution >= 0.6 is 0 Å². The lowest BCUT2D eigenvalue weighted by molar-refractivity contribution is -0.136. The molecule has 2 saturated carbocycles. The van der Waals surface area contributed by atoms with Crippen LogP contribution in [0.3, 0.4) is 0 Å². The van der Waals surface area contributed by atoms with Crippen LogP contribution in [0.15, 0.2) is 30.3 Å². The minimum absolute atomic E-state index is 0.103. The molecule has 4 rings (SSSR count). The minimum atomic E-state index is -0.878. The van der Waals surface area contributed by atoms with E-state index in [0.29, 0.717) is 37.9 Å². The van der Waals surface area contributed by atoms with E-state index >= 15 is 0 Å². The van der Waals surface area contributed by atoms with E-state index in [9.17, 15) is 25.5 Å². The third kappa shape index (κ3) is 7.08. The standard InChI is InChI=1S/C30H42O9/c1-36-27-15-19(16-28(37-2)30(27)35)13-22-23(32)11-9-21(29(22)34)25(38-17-31)12-8-18-7-10-24(33)26(14-18)39-20-5-3-4-6-20/h7,10,14-16,20-23,25,29,31-35H,3-6,8-9,11-13,17H2,1-2H3/t21-,22-,23+,25+,29-/m1/s1. The zero-order valence-electron chi connectivity index (χ0n) is 22.8. The van der Waals surface area contributed by atoms with Gasteiger partial charge in [-0.1, -0.05) is 6.07 Å². The van der Waals surface area contributed by atoms with Crippen LogP contribution in [0.5, 0.6) is 28.7 Å². The van der Waals surface area contributed by atoms with Crippen molar-refractivity contribution in [3.05, 3.63) is 41.5 Å². The van der Waals surface area contributed by atoms with Crippen molar-refractivity contribution < 1.29 is 44.5 Å². The Kier molecular flexibility index (Phi) is 10.2. The molecule has 0 unspecified atom stereocenters. The third-order valence-corrected chi connectivity index (χ3v) is 8.28. The molecule has 2 aliphatic rings. The second-order valence-electron chi connectivity index (χ2n) is 10.7. The van der Waals surface area contributed by atoms with Crippen LogP contribution in [0.1, 0.15) is 56.1 Å². The van der Waals surface area contributed by atoms with Gasteiger partial charge in [0.15, 0.2) is 23.0 Å². The maximum Gasteiger partial charge on any atom is 0.200 e. The summed E-state index contributed by atoms with van der Waals surface area (Å²) in [6.45, 7) is -0.473. The van der Waals surface area contributed by atoms with Gasteiger partial charge in [0.1, 0.15) is 6.79 Å². The maximum atomic E-state index is 11.4. The summed E-state index contributed by atoms with van der Waals surface area (Å²) in [5.41, 5.74) is 1.72. The Morgan fingerprint density at radius 1 is 0.872 bits per heavy atom. The Morgan fingerprint density at radius 2 is 1.54 bits per heavy atom.